The van der Waals surface area contributed by atoms with Crippen LogP contribution < -0.4 is 26.2 Å². The van der Waals surface area contributed by atoms with E-state index < -0.39 is 0 Å². The summed E-state index contributed by atoms with van der Waals surface area (Å²) in [6, 6.07) is 9.30. The number of hydrogen-bond acceptors (Lipinski definition) is 6. The highest BCUT2D eigenvalue weighted by atomic mass is 32.1. The predicted molar refractivity (Wildman–Crippen MR) is 159 cm³/mol. The lowest BCUT2D eigenvalue weighted by Crippen LogP contribution is -2.51. The summed E-state index contributed by atoms with van der Waals surface area (Å²) in [6.07, 6.45) is 13.1. The van der Waals surface area contributed by atoms with Crippen LogP contribution in [0.3, 0.4) is 0 Å². The van der Waals surface area contributed by atoms with Gasteiger partial charge >= 0.3 is 0 Å². The van der Waals surface area contributed by atoms with E-state index >= 15 is 0 Å². The van der Waals surface area contributed by atoms with Crippen LogP contribution in [0.5, 0.6) is 0 Å². The zero-order valence-electron chi connectivity index (χ0n) is 22.2. The van der Waals surface area contributed by atoms with Crippen LogP contribution in [0.1, 0.15) is 37.0 Å². The van der Waals surface area contributed by atoms with Gasteiger partial charge in [0.15, 0.2) is 0 Å². The molecule has 4 rings (SSSR count). The van der Waals surface area contributed by atoms with E-state index in [9.17, 15) is 14.4 Å². The van der Waals surface area contributed by atoms with Crippen LogP contribution in [0, 0.1) is 5.92 Å². The Morgan fingerprint density at radius 2 is 1.92 bits per heavy atom. The average Bonchev–Trinajstić information content (AvgIpc) is 3.43. The lowest BCUT2D eigenvalue weighted by atomic mass is 9.88. The molecule has 3 amide bonds. The molecule has 1 saturated carbocycles. The van der Waals surface area contributed by atoms with Gasteiger partial charge in [0.05, 0.1) is 24.3 Å². The lowest BCUT2D eigenvalue weighted by Gasteiger charge is -2.38. The van der Waals surface area contributed by atoms with Crippen LogP contribution in [0.2, 0.25) is 0 Å². The Bertz CT molecular complexity index is 1230. The zero-order chi connectivity index (χ0) is 27.6. The molecule has 0 radical (unpaired) electrons. The number of benzene rings is 1. The minimum atomic E-state index is -0.238. The highest BCUT2D eigenvalue weighted by Gasteiger charge is 2.34. The monoisotopic (exact) mass is 547 g/mol. The molecule has 0 bridgehead atoms. The van der Waals surface area contributed by atoms with Gasteiger partial charge in [-0.1, -0.05) is 50.1 Å². The molecule has 0 atom stereocenters. The molecular formula is C30H37N5O3S. The molecule has 39 heavy (non-hydrogen) atoms. The standard InChI is InChI=1S/C30H37N5O3S/c1-2-3-5-11-23(31)18-32-19-29(37)35-21-30(38)34(20-22-9-6-4-7-10-22)26-14-13-24(16-27(26)35)33-28(36)17-25-12-8-15-39-25/h2-3,5,8,11-16,22,32H,1,4,6-7,9-10,17-21,31H2,(H,33,36)/b5-3-,23-11-. The molecule has 9 heteroatoms. The van der Waals surface area contributed by atoms with Gasteiger partial charge in [0.1, 0.15) is 6.54 Å². The number of anilines is 3. The SMILES string of the molecule is C=C/C=C\C=C(/N)CNCC(=O)N1CC(=O)N(CC2CCCCC2)c2ccc(NC(=O)Cc3cccs3)cc21. The van der Waals surface area contributed by atoms with Crippen LogP contribution in [-0.2, 0) is 20.8 Å². The third-order valence-corrected chi connectivity index (χ3v) is 7.86. The maximum absolute atomic E-state index is 13.3. The van der Waals surface area contributed by atoms with Gasteiger partial charge in [0, 0.05) is 29.4 Å². The Morgan fingerprint density at radius 1 is 1.10 bits per heavy atom. The van der Waals surface area contributed by atoms with Crippen LogP contribution >= 0.6 is 11.3 Å². The number of amides is 3. The number of fused-ring (bicyclic) bond motifs is 1. The summed E-state index contributed by atoms with van der Waals surface area (Å²) in [7, 11) is 0. The van der Waals surface area contributed by atoms with Crippen LogP contribution in [0.4, 0.5) is 17.1 Å². The summed E-state index contributed by atoms with van der Waals surface area (Å²) >= 11 is 1.54. The first-order valence-electron chi connectivity index (χ1n) is 13.5. The summed E-state index contributed by atoms with van der Waals surface area (Å²) < 4.78 is 0. The van der Waals surface area contributed by atoms with Crippen molar-refractivity contribution in [1.29, 1.82) is 0 Å². The molecule has 1 aromatic carbocycles. The van der Waals surface area contributed by atoms with E-state index in [0.29, 0.717) is 41.8 Å². The van der Waals surface area contributed by atoms with Crippen molar-refractivity contribution in [3.8, 4) is 0 Å². The smallest absolute Gasteiger partial charge is 0.247 e. The topological polar surface area (TPSA) is 108 Å². The first kappa shape index (κ1) is 28.3. The number of carbonyl (C=O) groups is 3. The molecule has 1 aromatic heterocycles. The molecule has 206 valence electrons. The Hall–Kier alpha value is -3.69. The van der Waals surface area contributed by atoms with Gasteiger partial charge in [-0.2, -0.15) is 0 Å². The number of allylic oxidation sites excluding steroid dienone is 4. The molecule has 1 aliphatic heterocycles. The molecule has 1 aliphatic carbocycles. The summed E-state index contributed by atoms with van der Waals surface area (Å²) in [5.74, 6) is -0.00603. The van der Waals surface area contributed by atoms with Gasteiger partial charge in [0.25, 0.3) is 0 Å². The van der Waals surface area contributed by atoms with Gasteiger partial charge in [-0.05, 0) is 54.5 Å². The number of rotatable bonds is 11. The summed E-state index contributed by atoms with van der Waals surface area (Å²) in [5.41, 5.74) is 8.49. The molecule has 2 aliphatic rings. The largest absolute Gasteiger partial charge is 0.401 e. The van der Waals surface area contributed by atoms with Gasteiger partial charge in [-0.25, -0.2) is 0 Å². The second kappa shape index (κ2) is 13.9. The van der Waals surface area contributed by atoms with Crippen molar-refractivity contribution < 1.29 is 14.4 Å². The lowest BCUT2D eigenvalue weighted by molar-refractivity contribution is -0.122. The van der Waals surface area contributed by atoms with Gasteiger partial charge in [0.2, 0.25) is 17.7 Å². The Balaban J connectivity index is 1.52. The highest BCUT2D eigenvalue weighted by Crippen LogP contribution is 2.38. The fourth-order valence-electron chi connectivity index (χ4n) is 5.04. The minimum Gasteiger partial charge on any atom is -0.401 e. The molecular weight excluding hydrogens is 510 g/mol. The van der Waals surface area contributed by atoms with Gasteiger partial charge < -0.3 is 21.3 Å². The highest BCUT2D eigenvalue weighted by molar-refractivity contribution is 7.10. The van der Waals surface area contributed by atoms with E-state index in [-0.39, 0.29) is 37.2 Å². The molecule has 0 spiro atoms. The summed E-state index contributed by atoms with van der Waals surface area (Å²) in [5, 5.41) is 7.96. The zero-order valence-corrected chi connectivity index (χ0v) is 23.1. The summed E-state index contributed by atoms with van der Waals surface area (Å²) in [4.78, 5) is 43.6. The first-order valence-corrected chi connectivity index (χ1v) is 14.3. The fourth-order valence-corrected chi connectivity index (χ4v) is 5.74. The van der Waals surface area contributed by atoms with Crippen LogP contribution in [-0.4, -0.2) is 43.9 Å². The van der Waals surface area contributed by atoms with E-state index in [2.05, 4.69) is 17.2 Å². The maximum atomic E-state index is 13.3. The van der Waals surface area contributed by atoms with Crippen LogP contribution in [0.25, 0.3) is 0 Å². The maximum Gasteiger partial charge on any atom is 0.247 e. The third kappa shape index (κ3) is 7.91. The fraction of sp³-hybridized carbons (Fsp3) is 0.367. The number of carbonyl (C=O) groups excluding carboxylic acids is 3. The first-order chi connectivity index (χ1) is 18.9. The number of hydrogen-bond donors (Lipinski definition) is 3. The average molecular weight is 548 g/mol. The predicted octanol–water partition coefficient (Wildman–Crippen LogP) is 4.36. The number of thiophene rings is 1. The van der Waals surface area contributed by atoms with Crippen molar-refractivity contribution in [1.82, 2.24) is 5.32 Å². The van der Waals surface area contributed by atoms with Crippen molar-refractivity contribution in [2.75, 3.05) is 41.3 Å². The second-order valence-electron chi connectivity index (χ2n) is 9.96. The second-order valence-corrected chi connectivity index (χ2v) is 11.0. The molecule has 1 fully saturated rings. The van der Waals surface area contributed by atoms with Crippen molar-refractivity contribution in [3.63, 3.8) is 0 Å². The Kier molecular flexibility index (Phi) is 10.1. The van der Waals surface area contributed by atoms with E-state index in [0.717, 1.165) is 17.7 Å². The minimum absolute atomic E-state index is 0.0179. The van der Waals surface area contributed by atoms with E-state index in [1.54, 1.807) is 36.4 Å². The molecule has 4 N–H and O–H groups in total. The van der Waals surface area contributed by atoms with Crippen LogP contribution in [0.15, 0.2) is 72.3 Å². The van der Waals surface area contributed by atoms with E-state index in [1.807, 2.05) is 28.5 Å². The molecule has 2 heterocycles. The van der Waals surface area contributed by atoms with Crippen molar-refractivity contribution >= 4 is 46.1 Å². The third-order valence-electron chi connectivity index (χ3n) is 6.98. The summed E-state index contributed by atoms with van der Waals surface area (Å²) in [6.45, 7) is 4.57. The molecule has 0 saturated heterocycles. The van der Waals surface area contributed by atoms with Crippen molar-refractivity contribution in [2.45, 2.75) is 38.5 Å². The Labute approximate surface area is 234 Å². The normalized spacial score (nSPS) is 16.4. The van der Waals surface area contributed by atoms with E-state index in [1.165, 1.54) is 35.5 Å². The number of nitrogens with one attached hydrogen (secondary N) is 2. The number of nitrogens with two attached hydrogens (primary N) is 1. The molecule has 0 unspecified atom stereocenters. The molecule has 8 nitrogen and oxygen atoms in total. The van der Waals surface area contributed by atoms with Crippen molar-refractivity contribution in [3.05, 3.63) is 77.2 Å². The number of nitrogens with zero attached hydrogens (tertiary/aromatic N) is 2. The molecule has 2 aromatic rings. The Morgan fingerprint density at radius 3 is 2.67 bits per heavy atom. The van der Waals surface area contributed by atoms with Gasteiger partial charge in [-0.15, -0.1) is 11.3 Å². The van der Waals surface area contributed by atoms with E-state index in [4.69, 9.17) is 5.73 Å². The van der Waals surface area contributed by atoms with Gasteiger partial charge in [-0.3, -0.25) is 19.3 Å². The quantitative estimate of drug-likeness (QED) is 0.362. The van der Waals surface area contributed by atoms with Crippen molar-refractivity contribution in [2.24, 2.45) is 11.7 Å².